The number of aliphatic hydroxyl groups excluding tert-OH is 1. The van der Waals surface area contributed by atoms with Crippen LogP contribution in [-0.2, 0) is 4.74 Å². The Kier molecular flexibility index (Phi) is 5.46. The summed E-state index contributed by atoms with van der Waals surface area (Å²) in [7, 11) is 1.67. The minimum atomic E-state index is 0.0567. The van der Waals surface area contributed by atoms with Crippen molar-refractivity contribution in [1.29, 1.82) is 0 Å². The Balaban J connectivity index is 3.67. The quantitative estimate of drug-likeness (QED) is 0.648. The second kappa shape index (κ2) is 5.51. The van der Waals surface area contributed by atoms with Crippen molar-refractivity contribution in [3.05, 3.63) is 0 Å². The molecule has 0 bridgehead atoms. The van der Waals surface area contributed by atoms with E-state index in [-0.39, 0.29) is 18.2 Å². The van der Waals surface area contributed by atoms with Crippen LogP contribution in [0.3, 0.4) is 0 Å². The molecule has 0 aliphatic heterocycles. The van der Waals surface area contributed by atoms with Crippen LogP contribution < -0.4 is 5.32 Å². The standard InChI is InChI=1S/C9H21NO2/c1-9(2,3)10-8(7-11)5-6-12-4/h8,10-11H,5-7H2,1-4H3/t8-/m0/s1. The van der Waals surface area contributed by atoms with Gasteiger partial charge in [0.15, 0.2) is 0 Å². The minimum absolute atomic E-state index is 0.0567. The van der Waals surface area contributed by atoms with Crippen molar-refractivity contribution in [3.8, 4) is 0 Å². The molecule has 0 aromatic carbocycles. The van der Waals surface area contributed by atoms with Gasteiger partial charge in [-0.05, 0) is 27.2 Å². The van der Waals surface area contributed by atoms with Gasteiger partial charge in [0.2, 0.25) is 0 Å². The van der Waals surface area contributed by atoms with Crippen molar-refractivity contribution in [3.63, 3.8) is 0 Å². The first kappa shape index (κ1) is 11.9. The first-order valence-corrected chi connectivity index (χ1v) is 4.37. The molecule has 74 valence electrons. The SMILES string of the molecule is COCC[C@@H](CO)NC(C)(C)C. The summed E-state index contributed by atoms with van der Waals surface area (Å²) in [5.74, 6) is 0. The molecule has 0 amide bonds. The van der Waals surface area contributed by atoms with E-state index in [0.717, 1.165) is 6.42 Å². The number of nitrogens with one attached hydrogen (secondary N) is 1. The van der Waals surface area contributed by atoms with Crippen LogP contribution in [-0.4, -0.2) is 37.0 Å². The molecule has 0 heterocycles. The molecule has 0 aromatic rings. The molecule has 0 saturated carbocycles. The molecular formula is C9H21NO2. The van der Waals surface area contributed by atoms with Crippen molar-refractivity contribution < 1.29 is 9.84 Å². The third kappa shape index (κ3) is 6.58. The zero-order valence-corrected chi connectivity index (χ0v) is 8.55. The van der Waals surface area contributed by atoms with Crippen molar-refractivity contribution in [2.45, 2.75) is 38.8 Å². The lowest BCUT2D eigenvalue weighted by Crippen LogP contribution is -2.45. The molecule has 2 N–H and O–H groups in total. The summed E-state index contributed by atoms with van der Waals surface area (Å²) in [5, 5.41) is 12.3. The number of aliphatic hydroxyl groups is 1. The fourth-order valence-electron chi connectivity index (χ4n) is 1.08. The van der Waals surface area contributed by atoms with E-state index in [1.54, 1.807) is 7.11 Å². The van der Waals surface area contributed by atoms with E-state index < -0.39 is 0 Å². The maximum Gasteiger partial charge on any atom is 0.0585 e. The van der Waals surface area contributed by atoms with Crippen LogP contribution in [0.2, 0.25) is 0 Å². The molecule has 0 radical (unpaired) electrons. The lowest BCUT2D eigenvalue weighted by molar-refractivity contribution is 0.148. The summed E-state index contributed by atoms with van der Waals surface area (Å²) in [6, 6.07) is 0.143. The number of methoxy groups -OCH3 is 1. The van der Waals surface area contributed by atoms with Gasteiger partial charge in [0.05, 0.1) is 6.61 Å². The van der Waals surface area contributed by atoms with Gasteiger partial charge in [0.1, 0.15) is 0 Å². The molecule has 0 aliphatic carbocycles. The van der Waals surface area contributed by atoms with E-state index in [9.17, 15) is 0 Å². The van der Waals surface area contributed by atoms with Gasteiger partial charge in [0.25, 0.3) is 0 Å². The van der Waals surface area contributed by atoms with E-state index in [1.807, 2.05) is 0 Å². The fourth-order valence-corrected chi connectivity index (χ4v) is 1.08. The molecule has 1 atom stereocenters. The molecule has 0 fully saturated rings. The predicted octanol–water partition coefficient (Wildman–Crippen LogP) is 0.772. The Morgan fingerprint density at radius 2 is 2.00 bits per heavy atom. The number of hydrogen-bond acceptors (Lipinski definition) is 3. The summed E-state index contributed by atoms with van der Waals surface area (Å²) in [6.45, 7) is 7.11. The second-order valence-electron chi connectivity index (χ2n) is 4.06. The van der Waals surface area contributed by atoms with Crippen LogP contribution in [0.25, 0.3) is 0 Å². The van der Waals surface area contributed by atoms with E-state index in [0.29, 0.717) is 6.61 Å². The van der Waals surface area contributed by atoms with Crippen LogP contribution >= 0.6 is 0 Å². The minimum Gasteiger partial charge on any atom is -0.395 e. The molecule has 3 nitrogen and oxygen atoms in total. The average molecular weight is 175 g/mol. The zero-order valence-electron chi connectivity index (χ0n) is 8.55. The number of hydrogen-bond donors (Lipinski definition) is 2. The first-order valence-electron chi connectivity index (χ1n) is 4.37. The highest BCUT2D eigenvalue weighted by atomic mass is 16.5. The van der Waals surface area contributed by atoms with Gasteiger partial charge in [0, 0.05) is 25.3 Å². The van der Waals surface area contributed by atoms with Crippen molar-refractivity contribution in [2.75, 3.05) is 20.3 Å². The molecule has 0 unspecified atom stereocenters. The van der Waals surface area contributed by atoms with E-state index in [1.165, 1.54) is 0 Å². The number of rotatable bonds is 5. The molecule has 0 rings (SSSR count). The topological polar surface area (TPSA) is 41.5 Å². The van der Waals surface area contributed by atoms with Gasteiger partial charge in [-0.2, -0.15) is 0 Å². The van der Waals surface area contributed by atoms with Crippen LogP contribution in [0.5, 0.6) is 0 Å². The van der Waals surface area contributed by atoms with Crippen molar-refractivity contribution in [1.82, 2.24) is 5.32 Å². The van der Waals surface area contributed by atoms with Gasteiger partial charge >= 0.3 is 0 Å². The second-order valence-corrected chi connectivity index (χ2v) is 4.06. The monoisotopic (exact) mass is 175 g/mol. The highest BCUT2D eigenvalue weighted by molar-refractivity contribution is 4.77. The smallest absolute Gasteiger partial charge is 0.0585 e. The van der Waals surface area contributed by atoms with Gasteiger partial charge < -0.3 is 15.2 Å². The normalized spacial score (nSPS) is 14.8. The lowest BCUT2D eigenvalue weighted by atomic mass is 10.1. The lowest BCUT2D eigenvalue weighted by Gasteiger charge is -2.27. The molecule has 0 aliphatic rings. The third-order valence-corrected chi connectivity index (χ3v) is 1.53. The number of ether oxygens (including phenoxy) is 1. The zero-order chi connectivity index (χ0) is 9.61. The van der Waals surface area contributed by atoms with Gasteiger partial charge in [-0.3, -0.25) is 0 Å². The molecule has 3 heteroatoms. The van der Waals surface area contributed by atoms with Gasteiger partial charge in [-0.25, -0.2) is 0 Å². The summed E-state index contributed by atoms with van der Waals surface area (Å²) >= 11 is 0. The maximum atomic E-state index is 9.00. The maximum absolute atomic E-state index is 9.00. The van der Waals surface area contributed by atoms with Gasteiger partial charge in [-0.15, -0.1) is 0 Å². The Bertz CT molecular complexity index is 110. The highest BCUT2D eigenvalue weighted by Crippen LogP contribution is 2.03. The van der Waals surface area contributed by atoms with E-state index >= 15 is 0 Å². The van der Waals surface area contributed by atoms with E-state index in [4.69, 9.17) is 9.84 Å². The first-order chi connectivity index (χ1) is 5.49. The molecule has 0 saturated heterocycles. The van der Waals surface area contributed by atoms with Gasteiger partial charge in [-0.1, -0.05) is 0 Å². The molecule has 12 heavy (non-hydrogen) atoms. The predicted molar refractivity (Wildman–Crippen MR) is 50.3 cm³/mol. The van der Waals surface area contributed by atoms with Crippen molar-refractivity contribution >= 4 is 0 Å². The van der Waals surface area contributed by atoms with E-state index in [2.05, 4.69) is 26.1 Å². The summed E-state index contributed by atoms with van der Waals surface area (Å²) in [4.78, 5) is 0. The van der Waals surface area contributed by atoms with Crippen LogP contribution in [0.4, 0.5) is 0 Å². The highest BCUT2D eigenvalue weighted by Gasteiger charge is 2.15. The molecule has 0 spiro atoms. The largest absolute Gasteiger partial charge is 0.395 e. The summed E-state index contributed by atoms with van der Waals surface area (Å²) in [6.07, 6.45) is 0.851. The summed E-state index contributed by atoms with van der Waals surface area (Å²) in [5.41, 5.74) is 0.0567. The Hall–Kier alpha value is -0.120. The molecular weight excluding hydrogens is 154 g/mol. The summed E-state index contributed by atoms with van der Waals surface area (Å²) < 4.78 is 4.94. The Labute approximate surface area is 75.1 Å². The van der Waals surface area contributed by atoms with Crippen LogP contribution in [0.15, 0.2) is 0 Å². The van der Waals surface area contributed by atoms with Crippen LogP contribution in [0.1, 0.15) is 27.2 Å². The van der Waals surface area contributed by atoms with Crippen molar-refractivity contribution in [2.24, 2.45) is 0 Å². The average Bonchev–Trinajstić information content (AvgIpc) is 1.95. The van der Waals surface area contributed by atoms with Crippen LogP contribution in [0, 0.1) is 0 Å². The Morgan fingerprint density at radius 1 is 1.42 bits per heavy atom. The fraction of sp³-hybridized carbons (Fsp3) is 1.00. The third-order valence-electron chi connectivity index (χ3n) is 1.53. The molecule has 0 aromatic heterocycles. The Morgan fingerprint density at radius 3 is 2.33 bits per heavy atom.